The van der Waals surface area contributed by atoms with E-state index in [1.807, 2.05) is 51.1 Å². The fourth-order valence-electron chi connectivity index (χ4n) is 2.66. The number of nitrogens with one attached hydrogen (secondary N) is 1. The number of aromatic nitrogens is 3. The van der Waals surface area contributed by atoms with E-state index < -0.39 is 0 Å². The second-order valence-electron chi connectivity index (χ2n) is 5.63. The van der Waals surface area contributed by atoms with Gasteiger partial charge < -0.3 is 5.11 Å². The summed E-state index contributed by atoms with van der Waals surface area (Å²) in [6.45, 7) is 11.4. The maximum atomic E-state index is 12.5. The highest BCUT2D eigenvalue weighted by Gasteiger charge is 2.14. The highest BCUT2D eigenvalue weighted by atomic mass is 16.3. The van der Waals surface area contributed by atoms with Crippen molar-refractivity contribution in [1.82, 2.24) is 14.6 Å². The number of H-pyrrole nitrogens is 1. The zero-order valence-corrected chi connectivity index (χ0v) is 16.2. The van der Waals surface area contributed by atoms with Gasteiger partial charge in [0.15, 0.2) is 5.65 Å². The quantitative estimate of drug-likeness (QED) is 0.503. The van der Waals surface area contributed by atoms with Gasteiger partial charge in [-0.3, -0.25) is 9.89 Å². The molecule has 0 spiro atoms. The molecule has 27 heavy (non-hydrogen) atoms. The standard InChI is InChI=1S/C20H19N3O2.C2H6/c1-4-14(11-16(24)5-2)17-12-18(25)23-20(21-17)13(3)19(22-23)15-9-7-6-8-10-15;1-2/h4-12,22,24H,1H2,2-3H3;1-2H3/b14-11+,16-5+;. The highest BCUT2D eigenvalue weighted by Crippen LogP contribution is 2.24. The lowest BCUT2D eigenvalue weighted by Crippen LogP contribution is -2.15. The number of aromatic amines is 1. The van der Waals surface area contributed by atoms with E-state index in [4.69, 9.17) is 0 Å². The molecule has 0 amide bonds. The van der Waals surface area contributed by atoms with Crippen LogP contribution in [0.1, 0.15) is 32.0 Å². The number of aliphatic hydroxyl groups is 1. The van der Waals surface area contributed by atoms with Gasteiger partial charge in [0.2, 0.25) is 0 Å². The lowest BCUT2D eigenvalue weighted by molar-refractivity contribution is 0.432. The van der Waals surface area contributed by atoms with E-state index in [2.05, 4.69) is 16.7 Å². The lowest BCUT2D eigenvalue weighted by atomic mass is 10.1. The van der Waals surface area contributed by atoms with Gasteiger partial charge in [0.1, 0.15) is 5.76 Å². The van der Waals surface area contributed by atoms with E-state index in [1.165, 1.54) is 16.7 Å². The van der Waals surface area contributed by atoms with Crippen LogP contribution in [0.4, 0.5) is 0 Å². The van der Waals surface area contributed by atoms with E-state index in [0.29, 0.717) is 16.9 Å². The van der Waals surface area contributed by atoms with Crippen LogP contribution in [0.5, 0.6) is 0 Å². The van der Waals surface area contributed by atoms with Crippen LogP contribution in [-0.2, 0) is 0 Å². The molecule has 0 aliphatic carbocycles. The van der Waals surface area contributed by atoms with Crippen LogP contribution < -0.4 is 5.56 Å². The molecule has 140 valence electrons. The van der Waals surface area contributed by atoms with Gasteiger partial charge in [0, 0.05) is 17.2 Å². The van der Waals surface area contributed by atoms with E-state index in [9.17, 15) is 9.90 Å². The van der Waals surface area contributed by atoms with Crippen molar-refractivity contribution in [2.75, 3.05) is 0 Å². The van der Waals surface area contributed by atoms with Gasteiger partial charge in [-0.2, -0.15) is 0 Å². The van der Waals surface area contributed by atoms with Crippen LogP contribution >= 0.6 is 0 Å². The van der Waals surface area contributed by atoms with E-state index in [0.717, 1.165) is 16.8 Å². The zero-order valence-electron chi connectivity index (χ0n) is 16.2. The van der Waals surface area contributed by atoms with Gasteiger partial charge in [-0.05, 0) is 31.6 Å². The first-order valence-corrected chi connectivity index (χ1v) is 8.92. The molecule has 3 rings (SSSR count). The summed E-state index contributed by atoms with van der Waals surface area (Å²) in [6, 6.07) is 11.2. The van der Waals surface area contributed by atoms with E-state index >= 15 is 0 Å². The predicted molar refractivity (Wildman–Crippen MR) is 112 cm³/mol. The number of nitrogens with zero attached hydrogens (tertiary/aromatic N) is 2. The predicted octanol–water partition coefficient (Wildman–Crippen LogP) is 5.06. The van der Waals surface area contributed by atoms with Crippen molar-refractivity contribution in [1.29, 1.82) is 0 Å². The summed E-state index contributed by atoms with van der Waals surface area (Å²) in [5.41, 5.74) is 4.09. The molecule has 0 aliphatic heterocycles. The summed E-state index contributed by atoms with van der Waals surface area (Å²) in [7, 11) is 0. The minimum absolute atomic E-state index is 0.0904. The molecule has 0 saturated heterocycles. The second kappa shape index (κ2) is 8.85. The number of allylic oxidation sites excluding steroid dienone is 4. The minimum atomic E-state index is -0.224. The Balaban J connectivity index is 0.00000126. The number of aliphatic hydroxyl groups excluding tert-OH is 1. The summed E-state index contributed by atoms with van der Waals surface area (Å²) >= 11 is 0. The number of rotatable bonds is 4. The first kappa shape index (κ1) is 20.0. The number of benzene rings is 1. The van der Waals surface area contributed by atoms with Crippen molar-refractivity contribution in [3.8, 4) is 11.3 Å². The topological polar surface area (TPSA) is 70.4 Å². The molecule has 2 aromatic heterocycles. The van der Waals surface area contributed by atoms with Crippen molar-refractivity contribution >= 4 is 11.2 Å². The van der Waals surface area contributed by atoms with Crippen molar-refractivity contribution in [2.24, 2.45) is 0 Å². The van der Waals surface area contributed by atoms with Crippen molar-refractivity contribution in [2.45, 2.75) is 27.7 Å². The first-order chi connectivity index (χ1) is 13.0. The van der Waals surface area contributed by atoms with Crippen molar-refractivity contribution in [3.63, 3.8) is 0 Å². The summed E-state index contributed by atoms with van der Waals surface area (Å²) in [4.78, 5) is 17.1. The Labute approximate surface area is 159 Å². The third-order valence-corrected chi connectivity index (χ3v) is 4.03. The summed E-state index contributed by atoms with van der Waals surface area (Å²) in [5.74, 6) is 0.0904. The Kier molecular flexibility index (Phi) is 6.55. The molecule has 3 aromatic rings. The molecule has 0 saturated carbocycles. The molecule has 2 N–H and O–H groups in total. The molecule has 5 nitrogen and oxygen atoms in total. The third-order valence-electron chi connectivity index (χ3n) is 4.03. The molecule has 2 heterocycles. The molecule has 5 heteroatoms. The van der Waals surface area contributed by atoms with Gasteiger partial charge in [-0.25, -0.2) is 9.50 Å². The molecule has 0 bridgehead atoms. The molecule has 0 unspecified atom stereocenters. The van der Waals surface area contributed by atoms with Crippen LogP contribution in [0.3, 0.4) is 0 Å². The molecular weight excluding hydrogens is 338 g/mol. The van der Waals surface area contributed by atoms with E-state index in [1.54, 1.807) is 19.1 Å². The Morgan fingerprint density at radius 1 is 1.26 bits per heavy atom. The third kappa shape index (κ3) is 4.08. The number of hydrogen-bond donors (Lipinski definition) is 2. The van der Waals surface area contributed by atoms with Crippen molar-refractivity contribution < 1.29 is 5.11 Å². The summed E-state index contributed by atoms with van der Waals surface area (Å²) in [5, 5.41) is 12.9. The summed E-state index contributed by atoms with van der Waals surface area (Å²) < 4.78 is 1.43. The minimum Gasteiger partial charge on any atom is -0.508 e. The van der Waals surface area contributed by atoms with Crippen LogP contribution in [0.25, 0.3) is 22.5 Å². The number of fused-ring (bicyclic) bond motifs is 1. The Morgan fingerprint density at radius 3 is 2.52 bits per heavy atom. The maximum absolute atomic E-state index is 12.5. The number of hydrogen-bond acceptors (Lipinski definition) is 3. The smallest absolute Gasteiger partial charge is 0.273 e. The molecule has 0 aliphatic rings. The Hall–Kier alpha value is -3.34. The van der Waals surface area contributed by atoms with Crippen LogP contribution in [0, 0.1) is 6.92 Å². The highest BCUT2D eigenvalue weighted by molar-refractivity contribution is 5.76. The average molecular weight is 363 g/mol. The van der Waals surface area contributed by atoms with Gasteiger partial charge in [-0.15, -0.1) is 0 Å². The van der Waals surface area contributed by atoms with Crippen LogP contribution in [-0.4, -0.2) is 19.7 Å². The van der Waals surface area contributed by atoms with Crippen LogP contribution in [0.15, 0.2) is 71.8 Å². The molecule has 0 atom stereocenters. The van der Waals surface area contributed by atoms with Gasteiger partial charge in [0.25, 0.3) is 5.56 Å². The second-order valence-corrected chi connectivity index (χ2v) is 5.63. The van der Waals surface area contributed by atoms with Gasteiger partial charge >= 0.3 is 0 Å². The fraction of sp³-hybridized carbons (Fsp3) is 0.182. The average Bonchev–Trinajstić information content (AvgIpc) is 3.05. The molecule has 0 fully saturated rings. The molecule has 1 aromatic carbocycles. The van der Waals surface area contributed by atoms with E-state index in [-0.39, 0.29) is 11.3 Å². The van der Waals surface area contributed by atoms with Gasteiger partial charge in [0.05, 0.1) is 11.4 Å². The first-order valence-electron chi connectivity index (χ1n) is 8.92. The Morgan fingerprint density at radius 2 is 1.93 bits per heavy atom. The molecular formula is C22H25N3O2. The maximum Gasteiger partial charge on any atom is 0.273 e. The monoisotopic (exact) mass is 363 g/mol. The normalized spacial score (nSPS) is 11.9. The van der Waals surface area contributed by atoms with Gasteiger partial charge in [-0.1, -0.05) is 56.8 Å². The van der Waals surface area contributed by atoms with Crippen LogP contribution in [0.2, 0.25) is 0 Å². The largest absolute Gasteiger partial charge is 0.508 e. The van der Waals surface area contributed by atoms with Crippen molar-refractivity contribution in [3.05, 3.63) is 88.6 Å². The molecule has 0 radical (unpaired) electrons. The lowest BCUT2D eigenvalue weighted by Gasteiger charge is -2.02. The zero-order chi connectivity index (χ0) is 20.0. The number of aryl methyl sites for hydroxylation is 1. The summed E-state index contributed by atoms with van der Waals surface area (Å²) in [6.07, 6.45) is 4.66. The SMILES string of the molecule is C=C/C(=C\C(O)=C/C)c1cc(=O)n2[nH]c(-c3ccccc3)c(C)c2n1.CC. The Bertz CT molecular complexity index is 1050. The fourth-order valence-corrected chi connectivity index (χ4v) is 2.66.